The van der Waals surface area contributed by atoms with Crippen LogP contribution in [0.2, 0.25) is 0 Å². The lowest BCUT2D eigenvalue weighted by molar-refractivity contribution is -0.154. The highest BCUT2D eigenvalue weighted by Gasteiger charge is 2.28. The molecule has 1 aliphatic heterocycles. The maximum absolute atomic E-state index is 12.1. The van der Waals surface area contributed by atoms with Crippen molar-refractivity contribution in [2.75, 3.05) is 40.5 Å². The smallest absolute Gasteiger partial charge is 0.308 e. The fraction of sp³-hybridized carbons (Fsp3) is 0.550. The van der Waals surface area contributed by atoms with Crippen molar-refractivity contribution < 1.29 is 33.3 Å². The molecule has 0 radical (unpaired) electrons. The summed E-state index contributed by atoms with van der Waals surface area (Å²) < 4.78 is 20.4. The number of likely N-dealkylation sites (tertiary alicyclic amines) is 1. The first-order chi connectivity index (χ1) is 13.5. The maximum atomic E-state index is 12.1. The Balaban J connectivity index is 1.58. The maximum Gasteiger partial charge on any atom is 0.308 e. The minimum Gasteiger partial charge on any atom is -0.497 e. The van der Waals surface area contributed by atoms with Crippen LogP contribution in [0.5, 0.6) is 11.5 Å². The van der Waals surface area contributed by atoms with Crippen molar-refractivity contribution >= 4 is 17.8 Å². The minimum atomic E-state index is -0.434. The van der Waals surface area contributed by atoms with E-state index in [1.54, 1.807) is 36.3 Å². The summed E-state index contributed by atoms with van der Waals surface area (Å²) in [4.78, 5) is 37.0. The van der Waals surface area contributed by atoms with Crippen LogP contribution < -0.4 is 9.47 Å². The van der Waals surface area contributed by atoms with Crippen LogP contribution in [0.25, 0.3) is 0 Å². The molecule has 154 valence electrons. The van der Waals surface area contributed by atoms with Gasteiger partial charge in [-0.1, -0.05) is 0 Å². The van der Waals surface area contributed by atoms with Crippen molar-refractivity contribution in [2.24, 2.45) is 5.92 Å². The zero-order valence-electron chi connectivity index (χ0n) is 16.3. The van der Waals surface area contributed by atoms with Crippen LogP contribution in [0.1, 0.15) is 25.7 Å². The number of piperidine rings is 1. The van der Waals surface area contributed by atoms with Gasteiger partial charge in [0.2, 0.25) is 0 Å². The summed E-state index contributed by atoms with van der Waals surface area (Å²) in [6.45, 7) is 1.02. The Bertz CT molecular complexity index is 651. The van der Waals surface area contributed by atoms with Gasteiger partial charge in [0.15, 0.2) is 6.61 Å². The second-order valence-electron chi connectivity index (χ2n) is 6.47. The van der Waals surface area contributed by atoms with E-state index in [4.69, 9.17) is 18.9 Å². The number of ether oxygens (including phenoxy) is 4. The van der Waals surface area contributed by atoms with E-state index in [1.807, 2.05) is 0 Å². The molecule has 0 saturated carbocycles. The Morgan fingerprint density at radius 3 is 2.29 bits per heavy atom. The fourth-order valence-corrected chi connectivity index (χ4v) is 2.92. The lowest BCUT2D eigenvalue weighted by atomic mass is 9.97. The molecule has 1 aromatic rings. The van der Waals surface area contributed by atoms with Crippen molar-refractivity contribution in [3.05, 3.63) is 24.3 Å². The largest absolute Gasteiger partial charge is 0.497 e. The van der Waals surface area contributed by atoms with Crippen molar-refractivity contribution in [3.8, 4) is 11.5 Å². The Morgan fingerprint density at radius 1 is 1.04 bits per heavy atom. The van der Waals surface area contributed by atoms with Gasteiger partial charge in [-0.2, -0.15) is 0 Å². The topological polar surface area (TPSA) is 91.4 Å². The standard InChI is InChI=1S/C20H27NO7/c1-25-16-5-7-17(8-6-16)27-13-3-4-19(23)28-14-18(22)21-11-9-15(10-12-21)20(24)26-2/h5-8,15H,3-4,9-14H2,1-2H3. The third-order valence-corrected chi connectivity index (χ3v) is 4.59. The summed E-state index contributed by atoms with van der Waals surface area (Å²) in [6, 6.07) is 7.17. The van der Waals surface area contributed by atoms with Crippen LogP contribution >= 0.6 is 0 Å². The zero-order valence-corrected chi connectivity index (χ0v) is 16.3. The second-order valence-corrected chi connectivity index (χ2v) is 6.47. The molecule has 1 amide bonds. The minimum absolute atomic E-state index is 0.165. The Kier molecular flexibility index (Phi) is 8.58. The summed E-state index contributed by atoms with van der Waals surface area (Å²) in [5, 5.41) is 0. The third-order valence-electron chi connectivity index (χ3n) is 4.59. The molecule has 1 heterocycles. The van der Waals surface area contributed by atoms with Gasteiger partial charge in [-0.25, -0.2) is 0 Å². The van der Waals surface area contributed by atoms with E-state index in [-0.39, 0.29) is 30.8 Å². The molecule has 8 nitrogen and oxygen atoms in total. The van der Waals surface area contributed by atoms with Crippen molar-refractivity contribution in [2.45, 2.75) is 25.7 Å². The molecule has 1 aliphatic rings. The van der Waals surface area contributed by atoms with Gasteiger partial charge in [0.1, 0.15) is 11.5 Å². The summed E-state index contributed by atoms with van der Waals surface area (Å²) in [6.07, 6.45) is 1.79. The van der Waals surface area contributed by atoms with Gasteiger partial charge in [0, 0.05) is 19.5 Å². The number of esters is 2. The van der Waals surface area contributed by atoms with Crippen LogP contribution in [-0.4, -0.2) is 63.3 Å². The SMILES string of the molecule is COC(=O)C1CCN(C(=O)COC(=O)CCCOc2ccc(OC)cc2)CC1. The van der Waals surface area contributed by atoms with Crippen LogP contribution in [0.3, 0.4) is 0 Å². The number of hydrogen-bond donors (Lipinski definition) is 0. The van der Waals surface area contributed by atoms with Gasteiger partial charge in [-0.05, 0) is 43.5 Å². The van der Waals surface area contributed by atoms with Crippen molar-refractivity contribution in [3.63, 3.8) is 0 Å². The van der Waals surface area contributed by atoms with E-state index >= 15 is 0 Å². The quantitative estimate of drug-likeness (QED) is 0.467. The highest BCUT2D eigenvalue weighted by Crippen LogP contribution is 2.19. The summed E-state index contributed by atoms with van der Waals surface area (Å²) in [5.74, 6) is 0.356. The number of methoxy groups -OCH3 is 2. The van der Waals surface area contributed by atoms with Crippen LogP contribution in [0.15, 0.2) is 24.3 Å². The number of carbonyl (C=O) groups excluding carboxylic acids is 3. The van der Waals surface area contributed by atoms with Gasteiger partial charge in [-0.3, -0.25) is 14.4 Å². The number of hydrogen-bond acceptors (Lipinski definition) is 7. The van der Waals surface area contributed by atoms with Crippen molar-refractivity contribution in [1.29, 1.82) is 0 Å². The van der Waals surface area contributed by atoms with E-state index < -0.39 is 5.97 Å². The van der Waals surface area contributed by atoms with Gasteiger partial charge in [0.25, 0.3) is 5.91 Å². The molecule has 2 rings (SSSR count). The molecule has 0 atom stereocenters. The molecule has 8 heteroatoms. The molecule has 28 heavy (non-hydrogen) atoms. The van der Waals surface area contributed by atoms with Gasteiger partial charge in [-0.15, -0.1) is 0 Å². The Hall–Kier alpha value is -2.77. The second kappa shape index (κ2) is 11.2. The highest BCUT2D eigenvalue weighted by atomic mass is 16.5. The normalized spacial score (nSPS) is 14.3. The van der Waals surface area contributed by atoms with Crippen LogP contribution in [0, 0.1) is 5.92 Å². The van der Waals surface area contributed by atoms with E-state index in [2.05, 4.69) is 0 Å². The highest BCUT2D eigenvalue weighted by molar-refractivity contribution is 5.81. The molecule has 0 spiro atoms. The molecule has 1 saturated heterocycles. The molecule has 0 N–H and O–H groups in total. The summed E-state index contributed by atoms with van der Waals surface area (Å²) in [7, 11) is 2.96. The lowest BCUT2D eigenvalue weighted by Gasteiger charge is -2.30. The molecular formula is C20H27NO7. The first kappa shape index (κ1) is 21.5. The Labute approximate surface area is 164 Å². The first-order valence-corrected chi connectivity index (χ1v) is 9.31. The zero-order chi connectivity index (χ0) is 20.4. The molecule has 1 aromatic carbocycles. The predicted molar refractivity (Wildman–Crippen MR) is 100 cm³/mol. The Morgan fingerprint density at radius 2 is 1.68 bits per heavy atom. The number of rotatable bonds is 9. The van der Waals surface area contributed by atoms with Gasteiger partial charge < -0.3 is 23.8 Å². The van der Waals surface area contributed by atoms with Gasteiger partial charge >= 0.3 is 11.9 Å². The van der Waals surface area contributed by atoms with E-state index in [1.165, 1.54) is 7.11 Å². The average Bonchev–Trinajstić information content (AvgIpc) is 2.75. The summed E-state index contributed by atoms with van der Waals surface area (Å²) in [5.41, 5.74) is 0. The molecular weight excluding hydrogens is 366 g/mol. The number of carbonyl (C=O) groups is 3. The van der Waals surface area contributed by atoms with Gasteiger partial charge in [0.05, 0.1) is 26.7 Å². The molecule has 0 bridgehead atoms. The average molecular weight is 393 g/mol. The molecule has 0 unspecified atom stereocenters. The van der Waals surface area contributed by atoms with E-state index in [9.17, 15) is 14.4 Å². The van der Waals surface area contributed by atoms with Crippen molar-refractivity contribution in [1.82, 2.24) is 4.90 Å². The fourth-order valence-electron chi connectivity index (χ4n) is 2.92. The van der Waals surface area contributed by atoms with E-state index in [0.717, 1.165) is 5.75 Å². The van der Waals surface area contributed by atoms with Crippen LogP contribution in [0.4, 0.5) is 0 Å². The number of benzene rings is 1. The lowest BCUT2D eigenvalue weighted by Crippen LogP contribution is -2.42. The summed E-state index contributed by atoms with van der Waals surface area (Å²) >= 11 is 0. The molecule has 1 fully saturated rings. The predicted octanol–water partition coefficient (Wildman–Crippen LogP) is 1.81. The van der Waals surface area contributed by atoms with Crippen LogP contribution in [-0.2, 0) is 23.9 Å². The molecule has 0 aromatic heterocycles. The number of nitrogens with zero attached hydrogens (tertiary/aromatic N) is 1. The molecule has 0 aliphatic carbocycles. The monoisotopic (exact) mass is 393 g/mol. The first-order valence-electron chi connectivity index (χ1n) is 9.31. The third kappa shape index (κ3) is 6.75. The number of amides is 1. The van der Waals surface area contributed by atoms with E-state index in [0.29, 0.717) is 44.7 Å².